The Hall–Kier alpha value is -0.567. The van der Waals surface area contributed by atoms with E-state index >= 15 is 0 Å². The van der Waals surface area contributed by atoms with Crippen molar-refractivity contribution in [2.45, 2.75) is 36.5 Å². The number of rotatable bonds is 5. The molecule has 0 aliphatic heterocycles. The molecule has 0 aliphatic rings. The van der Waals surface area contributed by atoms with E-state index in [1.807, 2.05) is 12.1 Å². The zero-order valence-corrected chi connectivity index (χ0v) is 12.6. The first-order valence-corrected chi connectivity index (χ1v) is 11.8. The Morgan fingerprint density at radius 2 is 1.50 bits per heavy atom. The zero-order chi connectivity index (χ0) is 12.0. The van der Waals surface area contributed by atoms with Gasteiger partial charge in [-0.05, 0) is 0 Å². The van der Waals surface area contributed by atoms with Crippen molar-refractivity contribution in [2.75, 3.05) is 0 Å². The Labute approximate surface area is 101 Å². The first-order chi connectivity index (χ1) is 7.65. The van der Waals surface area contributed by atoms with Crippen LogP contribution in [-0.2, 0) is 0 Å². The van der Waals surface area contributed by atoms with Crippen molar-refractivity contribution >= 4 is 19.3 Å². The van der Waals surface area contributed by atoms with Crippen LogP contribution in [0.3, 0.4) is 0 Å². The maximum absolute atomic E-state index is 12.7. The Kier molecular flexibility index (Phi) is 5.26. The van der Waals surface area contributed by atoms with E-state index in [4.69, 9.17) is 0 Å². The van der Waals surface area contributed by atoms with Crippen LogP contribution in [0.25, 0.3) is 6.08 Å². The normalized spacial score (nSPS) is 12.2. The molecule has 1 rings (SSSR count). The summed E-state index contributed by atoms with van der Waals surface area (Å²) in [7, 11) is 0. The molecule has 0 saturated carbocycles. The third kappa shape index (κ3) is 3.48. The van der Waals surface area contributed by atoms with Crippen LogP contribution in [0.1, 0.15) is 26.3 Å². The minimum atomic E-state index is -1.71. The van der Waals surface area contributed by atoms with E-state index in [1.165, 1.54) is 27.9 Å². The summed E-state index contributed by atoms with van der Waals surface area (Å²) >= 11 is -1.71. The van der Waals surface area contributed by atoms with Crippen LogP contribution in [0.4, 0.5) is 4.39 Å². The number of hydrogen-bond donors (Lipinski definition) is 0. The predicted octanol–water partition coefficient (Wildman–Crippen LogP) is 4.89. The monoisotopic (exact) mass is 282 g/mol. The van der Waals surface area contributed by atoms with Crippen LogP contribution in [0.15, 0.2) is 29.2 Å². The van der Waals surface area contributed by atoms with Gasteiger partial charge >= 0.3 is 101 Å². The van der Waals surface area contributed by atoms with Gasteiger partial charge in [0.05, 0.1) is 0 Å². The van der Waals surface area contributed by atoms with Crippen molar-refractivity contribution in [2.24, 2.45) is 0 Å². The maximum atomic E-state index is 12.7. The molecule has 0 fully saturated rings. The zero-order valence-electron chi connectivity index (χ0n) is 10.5. The van der Waals surface area contributed by atoms with E-state index in [2.05, 4.69) is 31.8 Å². The fraction of sp³-hybridized carbons (Fsp3) is 0.429. The van der Waals surface area contributed by atoms with Crippen molar-refractivity contribution in [3.63, 3.8) is 0 Å². The van der Waals surface area contributed by atoms with Gasteiger partial charge in [-0.15, -0.1) is 0 Å². The molecule has 1 aromatic rings. The van der Waals surface area contributed by atoms with Crippen LogP contribution in [0.5, 0.6) is 0 Å². The Bertz CT molecular complexity index is 328. The van der Waals surface area contributed by atoms with Crippen molar-refractivity contribution in [1.82, 2.24) is 0 Å². The van der Waals surface area contributed by atoms with E-state index in [0.717, 1.165) is 5.56 Å². The first-order valence-electron chi connectivity index (χ1n) is 6.10. The van der Waals surface area contributed by atoms with Gasteiger partial charge in [0.25, 0.3) is 0 Å². The molecule has 1 aromatic carbocycles. The molecule has 16 heavy (non-hydrogen) atoms. The summed E-state index contributed by atoms with van der Waals surface area (Å²) in [6.45, 7) is 6.92. The van der Waals surface area contributed by atoms with Gasteiger partial charge in [-0.25, -0.2) is 0 Å². The first kappa shape index (κ1) is 13.5. The Morgan fingerprint density at radius 3 is 1.94 bits per heavy atom. The average Bonchev–Trinajstić information content (AvgIpc) is 2.34. The van der Waals surface area contributed by atoms with E-state index in [1.54, 1.807) is 0 Å². The molecule has 0 aliphatic carbocycles. The summed E-state index contributed by atoms with van der Waals surface area (Å²) in [6, 6.07) is 6.75. The molecular weight excluding hydrogens is 260 g/mol. The van der Waals surface area contributed by atoms with Gasteiger partial charge in [0, 0.05) is 0 Å². The molecule has 0 nitrogen and oxygen atoms in total. The van der Waals surface area contributed by atoms with E-state index in [9.17, 15) is 4.39 Å². The molecule has 0 spiro atoms. The van der Waals surface area contributed by atoms with E-state index < -0.39 is 13.3 Å². The molecule has 88 valence electrons. The topological polar surface area (TPSA) is 0 Å². The molecule has 0 radical (unpaired) electrons. The minimum absolute atomic E-state index is 0.161. The summed E-state index contributed by atoms with van der Waals surface area (Å²) in [4.78, 5) is 2.47. The molecule has 0 N–H and O–H groups in total. The summed E-state index contributed by atoms with van der Waals surface area (Å²) in [5.41, 5.74) is 1.12. The summed E-state index contributed by atoms with van der Waals surface area (Å²) in [5.74, 6) is -0.161. The molecule has 0 atom stereocenters. The van der Waals surface area contributed by atoms with Gasteiger partial charge in [0.1, 0.15) is 0 Å². The van der Waals surface area contributed by atoms with Gasteiger partial charge in [-0.3, -0.25) is 0 Å². The number of halogens is 1. The third-order valence-electron chi connectivity index (χ3n) is 3.61. The van der Waals surface area contributed by atoms with E-state index in [0.29, 0.717) is 0 Å². The van der Waals surface area contributed by atoms with E-state index in [-0.39, 0.29) is 5.82 Å². The fourth-order valence-corrected chi connectivity index (χ4v) is 7.73. The fourth-order valence-electron chi connectivity index (χ4n) is 1.95. The molecule has 0 heterocycles. The van der Waals surface area contributed by atoms with Crippen LogP contribution in [-0.4, -0.2) is 13.3 Å². The van der Waals surface area contributed by atoms with Crippen molar-refractivity contribution < 1.29 is 4.39 Å². The summed E-state index contributed by atoms with van der Waals surface area (Å²) in [5, 5.41) is 4.01. The molecule has 0 amide bonds. The second-order valence-corrected chi connectivity index (χ2v) is 15.2. The van der Waals surface area contributed by atoms with Crippen LogP contribution in [0.2, 0.25) is 15.8 Å². The second-order valence-electron chi connectivity index (χ2n) is 4.31. The quantitative estimate of drug-likeness (QED) is 0.674. The van der Waals surface area contributed by atoms with Crippen molar-refractivity contribution in [1.29, 1.82) is 0 Å². The molecule has 2 heteroatoms. The Balaban J connectivity index is 2.82. The third-order valence-corrected chi connectivity index (χ3v) is 14.3. The van der Waals surface area contributed by atoms with Gasteiger partial charge in [0.2, 0.25) is 0 Å². The predicted molar refractivity (Wildman–Crippen MR) is 72.6 cm³/mol. The Morgan fingerprint density at radius 1 is 1.00 bits per heavy atom. The summed E-state index contributed by atoms with van der Waals surface area (Å²) in [6.07, 6.45) is 2.19. The number of benzene rings is 1. The average molecular weight is 281 g/mol. The van der Waals surface area contributed by atoms with Gasteiger partial charge in [0.15, 0.2) is 0 Å². The summed E-state index contributed by atoms with van der Waals surface area (Å²) < 4.78 is 12.7. The molecule has 0 saturated heterocycles. The second kappa shape index (κ2) is 6.24. The molecule has 0 bridgehead atoms. The molecule has 0 aromatic heterocycles. The van der Waals surface area contributed by atoms with Gasteiger partial charge in [-0.1, -0.05) is 0 Å². The van der Waals surface area contributed by atoms with Gasteiger partial charge in [-0.2, -0.15) is 0 Å². The SMILES string of the molecule is C[CH2][Ge](/[CH]=C/c1ccc(F)cc1)([CH2]C)[CH2]C. The van der Waals surface area contributed by atoms with Crippen molar-refractivity contribution in [3.8, 4) is 0 Å². The van der Waals surface area contributed by atoms with Crippen LogP contribution >= 0.6 is 0 Å². The molecular formula is C14H21FGe. The van der Waals surface area contributed by atoms with Gasteiger partial charge < -0.3 is 0 Å². The standard InChI is InChI=1S/C14H21FGe/c1-4-16(5-2,6-3)12-11-13-7-9-14(15)10-8-13/h7-12H,4-6H2,1-3H3/b12-11+. The number of hydrogen-bond acceptors (Lipinski definition) is 0. The van der Waals surface area contributed by atoms with Crippen molar-refractivity contribution in [3.05, 3.63) is 40.6 Å². The van der Waals surface area contributed by atoms with Crippen LogP contribution < -0.4 is 0 Å². The van der Waals surface area contributed by atoms with Crippen LogP contribution in [0, 0.1) is 5.82 Å². The molecule has 0 unspecified atom stereocenters.